The maximum atomic E-state index is 12.9. The molecule has 0 saturated heterocycles. The van der Waals surface area contributed by atoms with Crippen LogP contribution in [0.1, 0.15) is 374 Å². The number of ether oxygens (including phenoxy) is 3. The summed E-state index contributed by atoms with van der Waals surface area (Å²) in [5.41, 5.74) is 0. The van der Waals surface area contributed by atoms with E-state index in [0.29, 0.717) is 19.3 Å². The van der Waals surface area contributed by atoms with Crippen molar-refractivity contribution in [2.24, 2.45) is 0 Å². The third-order valence-electron chi connectivity index (χ3n) is 15.5. The Kier molecular flexibility index (Phi) is 64.6. The van der Waals surface area contributed by atoms with Crippen LogP contribution in [0.15, 0.2) is 48.6 Å². The van der Waals surface area contributed by atoms with Crippen LogP contribution in [0.3, 0.4) is 0 Å². The average Bonchev–Trinajstić information content (AvgIpc) is 3.44. The number of unbranched alkanes of at least 4 members (excludes halogenated alkanes) is 45. The van der Waals surface area contributed by atoms with Gasteiger partial charge >= 0.3 is 17.9 Å². The molecule has 0 N–H and O–H groups in total. The van der Waals surface area contributed by atoms with Gasteiger partial charge in [0.2, 0.25) is 0 Å². The highest BCUT2D eigenvalue weighted by molar-refractivity contribution is 5.71. The fraction of sp³-hybridized carbons (Fsp3) is 0.847. The molecule has 0 aliphatic heterocycles. The number of carbonyl (C=O) groups excluding carboxylic acids is 3. The fourth-order valence-electron chi connectivity index (χ4n) is 10.3. The van der Waals surface area contributed by atoms with Crippen molar-refractivity contribution in [3.63, 3.8) is 0 Å². The van der Waals surface area contributed by atoms with Gasteiger partial charge in [0.25, 0.3) is 0 Å². The molecule has 0 radical (unpaired) electrons. The van der Waals surface area contributed by atoms with E-state index in [-0.39, 0.29) is 31.1 Å². The molecule has 0 aromatic rings. The van der Waals surface area contributed by atoms with Crippen LogP contribution >= 0.6 is 0 Å². The van der Waals surface area contributed by atoms with E-state index in [0.717, 1.165) is 77.0 Å². The normalized spacial score (nSPS) is 12.3. The SMILES string of the molecule is CCCCC/C=C\C/C=C\CCCCCCCCCC(=O)OC(COC(=O)CCCCCCC/C=C\CCCCC)COC(=O)CCCCCCCCCCCCCCCCCCCCC/C=C\CCCCCCCCCC. The Morgan fingerprint density at radius 2 is 0.462 bits per heavy atom. The van der Waals surface area contributed by atoms with Gasteiger partial charge in [0, 0.05) is 19.3 Å². The molecule has 6 heteroatoms. The van der Waals surface area contributed by atoms with Gasteiger partial charge in [-0.2, -0.15) is 0 Å². The van der Waals surface area contributed by atoms with Gasteiger partial charge in [-0.1, -0.05) is 301 Å². The first-order chi connectivity index (χ1) is 38.5. The first-order valence-electron chi connectivity index (χ1n) is 34.6. The second-order valence-electron chi connectivity index (χ2n) is 23.4. The molecular weight excluding hydrogens is 961 g/mol. The molecule has 0 aliphatic carbocycles. The van der Waals surface area contributed by atoms with Gasteiger partial charge < -0.3 is 14.2 Å². The first kappa shape index (κ1) is 75.4. The topological polar surface area (TPSA) is 78.9 Å². The minimum Gasteiger partial charge on any atom is -0.462 e. The van der Waals surface area contributed by atoms with E-state index in [2.05, 4.69) is 69.4 Å². The van der Waals surface area contributed by atoms with E-state index in [1.165, 1.54) is 257 Å². The molecular formula is C72H132O6. The average molecular weight is 1090 g/mol. The van der Waals surface area contributed by atoms with Crippen LogP contribution in [0, 0.1) is 0 Å². The van der Waals surface area contributed by atoms with Gasteiger partial charge in [-0.25, -0.2) is 0 Å². The molecule has 0 rings (SSSR count). The van der Waals surface area contributed by atoms with Crippen molar-refractivity contribution in [1.29, 1.82) is 0 Å². The predicted molar refractivity (Wildman–Crippen MR) is 339 cm³/mol. The molecule has 1 unspecified atom stereocenters. The van der Waals surface area contributed by atoms with Gasteiger partial charge in [0.05, 0.1) is 0 Å². The number of hydrogen-bond acceptors (Lipinski definition) is 6. The monoisotopic (exact) mass is 1090 g/mol. The largest absolute Gasteiger partial charge is 0.462 e. The van der Waals surface area contributed by atoms with E-state index in [1.807, 2.05) is 0 Å². The van der Waals surface area contributed by atoms with Gasteiger partial charge in [-0.3, -0.25) is 14.4 Å². The lowest BCUT2D eigenvalue weighted by molar-refractivity contribution is -0.167. The predicted octanol–water partition coefficient (Wildman–Crippen LogP) is 23.7. The van der Waals surface area contributed by atoms with E-state index in [1.54, 1.807) is 0 Å². The van der Waals surface area contributed by atoms with Crippen molar-refractivity contribution in [2.75, 3.05) is 13.2 Å². The highest BCUT2D eigenvalue weighted by Crippen LogP contribution is 2.18. The number of rotatable bonds is 64. The molecule has 78 heavy (non-hydrogen) atoms. The van der Waals surface area contributed by atoms with E-state index in [9.17, 15) is 14.4 Å². The Labute approximate surface area is 486 Å². The van der Waals surface area contributed by atoms with Crippen LogP contribution in [0.25, 0.3) is 0 Å². The molecule has 0 bridgehead atoms. The summed E-state index contributed by atoms with van der Waals surface area (Å²) in [7, 11) is 0. The first-order valence-corrected chi connectivity index (χ1v) is 34.6. The highest BCUT2D eigenvalue weighted by Gasteiger charge is 2.19. The highest BCUT2D eigenvalue weighted by atomic mass is 16.6. The fourth-order valence-corrected chi connectivity index (χ4v) is 10.3. The molecule has 1 atom stereocenters. The van der Waals surface area contributed by atoms with E-state index in [4.69, 9.17) is 14.2 Å². The Hall–Kier alpha value is -2.63. The Morgan fingerprint density at radius 1 is 0.256 bits per heavy atom. The third kappa shape index (κ3) is 64.2. The zero-order valence-corrected chi connectivity index (χ0v) is 52.5. The van der Waals surface area contributed by atoms with Crippen molar-refractivity contribution in [2.45, 2.75) is 380 Å². The summed E-state index contributed by atoms with van der Waals surface area (Å²) in [5.74, 6) is -0.872. The van der Waals surface area contributed by atoms with E-state index < -0.39 is 6.10 Å². The number of allylic oxidation sites excluding steroid dienone is 8. The summed E-state index contributed by atoms with van der Waals surface area (Å²) >= 11 is 0. The third-order valence-corrected chi connectivity index (χ3v) is 15.5. The lowest BCUT2D eigenvalue weighted by Gasteiger charge is -2.18. The standard InChI is InChI=1S/C72H132O6/c1-4-7-10-13-16-19-22-25-27-29-30-31-32-33-34-35-36-37-38-39-40-41-42-44-45-47-50-53-56-59-62-65-71(74)77-68-69(67-76-70(73)64-61-58-55-52-49-24-21-18-15-12-9-6-3)78-72(75)66-63-60-57-54-51-48-46-43-28-26-23-20-17-14-11-8-5-2/h17-18,20-21,26,28-30,69H,4-16,19,22-25,27,31-68H2,1-3H3/b20-17-,21-18-,28-26-,30-29-. The van der Waals surface area contributed by atoms with Crippen LogP contribution in [-0.4, -0.2) is 37.2 Å². The lowest BCUT2D eigenvalue weighted by Crippen LogP contribution is -2.30. The number of hydrogen-bond donors (Lipinski definition) is 0. The summed E-state index contributed by atoms with van der Waals surface area (Å²) in [6.07, 6.45) is 84.3. The summed E-state index contributed by atoms with van der Waals surface area (Å²) in [6.45, 7) is 6.63. The van der Waals surface area contributed by atoms with Crippen molar-refractivity contribution in [1.82, 2.24) is 0 Å². The number of carbonyl (C=O) groups is 3. The Bertz CT molecular complexity index is 1350. The van der Waals surface area contributed by atoms with Gasteiger partial charge in [-0.05, 0) is 103 Å². The van der Waals surface area contributed by atoms with Crippen LogP contribution < -0.4 is 0 Å². The van der Waals surface area contributed by atoms with Crippen molar-refractivity contribution >= 4 is 17.9 Å². The van der Waals surface area contributed by atoms with E-state index >= 15 is 0 Å². The maximum Gasteiger partial charge on any atom is 0.306 e. The summed E-state index contributed by atoms with van der Waals surface area (Å²) in [4.78, 5) is 38.3. The van der Waals surface area contributed by atoms with Gasteiger partial charge in [-0.15, -0.1) is 0 Å². The Balaban J connectivity index is 4.13. The van der Waals surface area contributed by atoms with Crippen LogP contribution in [0.5, 0.6) is 0 Å². The molecule has 0 spiro atoms. The zero-order chi connectivity index (χ0) is 56.4. The summed E-state index contributed by atoms with van der Waals surface area (Å²) in [6, 6.07) is 0. The number of esters is 3. The Morgan fingerprint density at radius 3 is 0.744 bits per heavy atom. The molecule has 0 aromatic heterocycles. The second kappa shape index (κ2) is 66.9. The lowest BCUT2D eigenvalue weighted by atomic mass is 10.0. The van der Waals surface area contributed by atoms with Gasteiger partial charge in [0.1, 0.15) is 13.2 Å². The molecule has 0 aromatic carbocycles. The zero-order valence-electron chi connectivity index (χ0n) is 52.5. The second-order valence-corrected chi connectivity index (χ2v) is 23.4. The molecule has 0 amide bonds. The molecule has 0 saturated carbocycles. The molecule has 0 aliphatic rings. The summed E-state index contributed by atoms with van der Waals surface area (Å²) in [5, 5.41) is 0. The summed E-state index contributed by atoms with van der Waals surface area (Å²) < 4.78 is 16.9. The van der Waals surface area contributed by atoms with Crippen molar-refractivity contribution in [3.8, 4) is 0 Å². The maximum absolute atomic E-state index is 12.9. The quantitative estimate of drug-likeness (QED) is 0.0261. The van der Waals surface area contributed by atoms with Crippen LogP contribution in [0.4, 0.5) is 0 Å². The van der Waals surface area contributed by atoms with Crippen LogP contribution in [0.2, 0.25) is 0 Å². The molecule has 0 heterocycles. The van der Waals surface area contributed by atoms with Gasteiger partial charge in [0.15, 0.2) is 6.10 Å². The minimum absolute atomic E-state index is 0.0755. The smallest absolute Gasteiger partial charge is 0.306 e. The van der Waals surface area contributed by atoms with Crippen molar-refractivity contribution in [3.05, 3.63) is 48.6 Å². The van der Waals surface area contributed by atoms with Crippen molar-refractivity contribution < 1.29 is 28.6 Å². The molecule has 6 nitrogen and oxygen atoms in total. The molecule has 456 valence electrons. The molecule has 0 fully saturated rings. The van der Waals surface area contributed by atoms with Crippen LogP contribution in [-0.2, 0) is 28.6 Å². The minimum atomic E-state index is -0.780.